The van der Waals surface area contributed by atoms with Crippen molar-refractivity contribution in [2.75, 3.05) is 13.1 Å². The highest BCUT2D eigenvalue weighted by Crippen LogP contribution is 1.92. The maximum atomic E-state index is 11.2. The van der Waals surface area contributed by atoms with E-state index in [2.05, 4.69) is 24.5 Å². The fourth-order valence-electron chi connectivity index (χ4n) is 1.31. The summed E-state index contributed by atoms with van der Waals surface area (Å²) in [5.74, 6) is -1.01. The molecule has 0 aromatic carbocycles. The number of carbonyl (C=O) groups excluding carboxylic acids is 2. The van der Waals surface area contributed by atoms with E-state index in [9.17, 15) is 9.59 Å². The molecule has 0 saturated carbocycles. The van der Waals surface area contributed by atoms with E-state index in [1.807, 2.05) is 0 Å². The highest BCUT2D eigenvalue weighted by Gasteiger charge is 2.10. The zero-order chi connectivity index (χ0) is 12.2. The second-order valence-electron chi connectivity index (χ2n) is 3.93. The van der Waals surface area contributed by atoms with Gasteiger partial charge in [0.1, 0.15) is 0 Å². The second kappa shape index (κ2) is 23.1. The molecule has 0 aliphatic heterocycles. The summed E-state index contributed by atoms with van der Waals surface area (Å²) in [5, 5.41) is 5.21. The molecule has 0 spiro atoms. The van der Waals surface area contributed by atoms with E-state index >= 15 is 0 Å². The first-order chi connectivity index (χ1) is 7.72. The molecule has 126 valence electrons. The summed E-state index contributed by atoms with van der Waals surface area (Å²) in [5.41, 5.74) is 0. The van der Waals surface area contributed by atoms with Crippen LogP contribution in [-0.4, -0.2) is 24.9 Å². The number of unbranched alkanes of at least 4 members (excludes halogenated alkanes) is 4. The van der Waals surface area contributed by atoms with E-state index in [-0.39, 0.29) is 29.7 Å². The number of rotatable bonds is 8. The van der Waals surface area contributed by atoms with Crippen molar-refractivity contribution >= 4 is 11.8 Å². The van der Waals surface area contributed by atoms with Gasteiger partial charge in [0.05, 0.1) is 0 Å². The first kappa shape index (κ1) is 31.4. The quantitative estimate of drug-likeness (QED) is 0.521. The number of amides is 2. The van der Waals surface area contributed by atoms with Crippen LogP contribution in [0.4, 0.5) is 0 Å². The molecule has 2 amide bonds. The minimum absolute atomic E-state index is 0. The van der Waals surface area contributed by atoms with Gasteiger partial charge >= 0.3 is 11.8 Å². The monoisotopic (exact) mass is 292 g/mol. The first-order valence-corrected chi connectivity index (χ1v) is 6.28. The van der Waals surface area contributed by atoms with Gasteiger partial charge in [0, 0.05) is 13.1 Å². The Morgan fingerprint density at radius 2 is 0.950 bits per heavy atom. The first-order valence-electron chi connectivity index (χ1n) is 6.28. The standard InChI is InChI=1S/C12H24N2O2.4CH4/c1-3-5-7-9-13-11(15)12(16)14-10-8-6-4-2;;;;/h3-10H2,1-2H3,(H,13,15)(H,14,16);4*1H4. The van der Waals surface area contributed by atoms with Gasteiger partial charge in [-0.3, -0.25) is 9.59 Å². The van der Waals surface area contributed by atoms with Crippen molar-refractivity contribution in [1.29, 1.82) is 0 Å². The SMILES string of the molecule is C.C.C.C.CCCCCNC(=O)C(=O)NCCCCC. The van der Waals surface area contributed by atoms with Gasteiger partial charge in [0.15, 0.2) is 0 Å². The van der Waals surface area contributed by atoms with Gasteiger partial charge in [0.25, 0.3) is 0 Å². The second-order valence-corrected chi connectivity index (χ2v) is 3.93. The maximum absolute atomic E-state index is 11.2. The molecule has 0 aliphatic rings. The highest BCUT2D eigenvalue weighted by atomic mass is 16.2. The zero-order valence-electron chi connectivity index (χ0n) is 10.5. The normalized spacial score (nSPS) is 7.90. The Bertz CT molecular complexity index is 185. The van der Waals surface area contributed by atoms with Gasteiger partial charge in [-0.25, -0.2) is 0 Å². The van der Waals surface area contributed by atoms with Crippen LogP contribution in [0.5, 0.6) is 0 Å². The summed E-state index contributed by atoms with van der Waals surface area (Å²) in [6.07, 6.45) is 6.26. The lowest BCUT2D eigenvalue weighted by Crippen LogP contribution is -2.40. The molecule has 20 heavy (non-hydrogen) atoms. The van der Waals surface area contributed by atoms with Crippen LogP contribution in [0.2, 0.25) is 0 Å². The summed E-state index contributed by atoms with van der Waals surface area (Å²) >= 11 is 0. The molecular formula is C16H40N2O2. The third kappa shape index (κ3) is 19.3. The van der Waals surface area contributed by atoms with E-state index in [0.29, 0.717) is 13.1 Å². The number of hydrogen-bond acceptors (Lipinski definition) is 2. The Labute approximate surface area is 128 Å². The minimum Gasteiger partial charge on any atom is -0.348 e. The van der Waals surface area contributed by atoms with Crippen LogP contribution < -0.4 is 10.6 Å². The molecule has 0 fully saturated rings. The predicted molar refractivity (Wildman–Crippen MR) is 92.0 cm³/mol. The van der Waals surface area contributed by atoms with E-state index < -0.39 is 11.8 Å². The van der Waals surface area contributed by atoms with Crippen LogP contribution in [0.25, 0.3) is 0 Å². The summed E-state index contributed by atoms with van der Waals surface area (Å²) in [7, 11) is 0. The Morgan fingerprint density at radius 3 is 1.20 bits per heavy atom. The fourth-order valence-corrected chi connectivity index (χ4v) is 1.31. The van der Waals surface area contributed by atoms with Crippen molar-refractivity contribution in [1.82, 2.24) is 10.6 Å². The van der Waals surface area contributed by atoms with Gasteiger partial charge in [-0.05, 0) is 12.8 Å². The van der Waals surface area contributed by atoms with Crippen molar-refractivity contribution in [2.45, 2.75) is 82.1 Å². The topological polar surface area (TPSA) is 58.2 Å². The van der Waals surface area contributed by atoms with Crippen LogP contribution in [0.1, 0.15) is 82.1 Å². The van der Waals surface area contributed by atoms with E-state index in [1.165, 1.54) is 0 Å². The average Bonchev–Trinajstić information content (AvgIpc) is 2.29. The molecule has 0 rings (SSSR count). The lowest BCUT2D eigenvalue weighted by Gasteiger charge is -2.05. The average molecular weight is 293 g/mol. The summed E-state index contributed by atoms with van der Waals surface area (Å²) in [6, 6.07) is 0. The number of nitrogens with one attached hydrogen (secondary N) is 2. The Morgan fingerprint density at radius 1 is 0.650 bits per heavy atom. The van der Waals surface area contributed by atoms with Crippen molar-refractivity contribution in [3.05, 3.63) is 0 Å². The maximum Gasteiger partial charge on any atom is 0.309 e. The third-order valence-corrected chi connectivity index (χ3v) is 2.34. The lowest BCUT2D eigenvalue weighted by atomic mass is 10.2. The van der Waals surface area contributed by atoms with Gasteiger partial charge in [-0.15, -0.1) is 0 Å². The molecule has 4 heteroatoms. The summed E-state index contributed by atoms with van der Waals surface area (Å²) in [4.78, 5) is 22.5. The molecule has 4 nitrogen and oxygen atoms in total. The predicted octanol–water partition coefficient (Wildman–Crippen LogP) is 4.14. The van der Waals surface area contributed by atoms with Gasteiger partial charge < -0.3 is 10.6 Å². The fraction of sp³-hybridized carbons (Fsp3) is 0.875. The molecule has 0 aliphatic carbocycles. The smallest absolute Gasteiger partial charge is 0.309 e. The van der Waals surface area contributed by atoms with Crippen LogP contribution in [0, 0.1) is 0 Å². The van der Waals surface area contributed by atoms with Crippen molar-refractivity contribution in [3.63, 3.8) is 0 Å². The molecule has 0 saturated heterocycles. The number of carbonyl (C=O) groups is 2. The molecular weight excluding hydrogens is 252 g/mol. The van der Waals surface area contributed by atoms with Crippen LogP contribution in [0.3, 0.4) is 0 Å². The van der Waals surface area contributed by atoms with Gasteiger partial charge in [-0.1, -0.05) is 69.2 Å². The number of hydrogen-bond donors (Lipinski definition) is 2. The van der Waals surface area contributed by atoms with E-state index in [1.54, 1.807) is 0 Å². The van der Waals surface area contributed by atoms with Crippen LogP contribution in [-0.2, 0) is 9.59 Å². The molecule has 0 atom stereocenters. The van der Waals surface area contributed by atoms with Crippen molar-refractivity contribution < 1.29 is 9.59 Å². The zero-order valence-corrected chi connectivity index (χ0v) is 10.5. The Balaban J connectivity index is -0.000000187. The Hall–Kier alpha value is -1.06. The van der Waals surface area contributed by atoms with Crippen LogP contribution >= 0.6 is 0 Å². The largest absolute Gasteiger partial charge is 0.348 e. The van der Waals surface area contributed by atoms with E-state index in [0.717, 1.165) is 38.5 Å². The molecule has 0 bridgehead atoms. The lowest BCUT2D eigenvalue weighted by molar-refractivity contribution is -0.139. The molecule has 0 aromatic rings. The third-order valence-electron chi connectivity index (χ3n) is 2.34. The summed E-state index contributed by atoms with van der Waals surface area (Å²) < 4.78 is 0. The highest BCUT2D eigenvalue weighted by molar-refractivity contribution is 6.35. The van der Waals surface area contributed by atoms with Crippen molar-refractivity contribution in [2.24, 2.45) is 0 Å². The van der Waals surface area contributed by atoms with E-state index in [4.69, 9.17) is 0 Å². The molecule has 0 aromatic heterocycles. The van der Waals surface area contributed by atoms with Gasteiger partial charge in [0.2, 0.25) is 0 Å². The molecule has 0 heterocycles. The minimum atomic E-state index is -0.507. The van der Waals surface area contributed by atoms with Crippen molar-refractivity contribution in [3.8, 4) is 0 Å². The Kier molecular flexibility index (Phi) is 36.2. The van der Waals surface area contributed by atoms with Crippen LogP contribution in [0.15, 0.2) is 0 Å². The summed E-state index contributed by atoms with van der Waals surface area (Å²) in [6.45, 7) is 5.38. The molecule has 0 unspecified atom stereocenters. The molecule has 2 N–H and O–H groups in total. The molecule has 0 radical (unpaired) electrons. The van der Waals surface area contributed by atoms with Gasteiger partial charge in [-0.2, -0.15) is 0 Å².